The van der Waals surface area contributed by atoms with Crippen molar-refractivity contribution in [3.05, 3.63) is 52.7 Å². The van der Waals surface area contributed by atoms with Crippen molar-refractivity contribution in [2.75, 3.05) is 44.6 Å². The smallest absolute Gasteiger partial charge is 0.339 e. The Morgan fingerprint density at radius 2 is 1.66 bits per heavy atom. The predicted molar refractivity (Wildman–Crippen MR) is 172 cm³/mol. The molecule has 3 fully saturated rings. The second-order valence-electron chi connectivity index (χ2n) is 12.1. The molecule has 0 radical (unpaired) electrons. The Labute approximate surface area is 281 Å². The Hall–Kier alpha value is -3.62. The van der Waals surface area contributed by atoms with E-state index < -0.39 is 17.8 Å². The SMILES string of the molecule is Cl.Cn1c(-c2cn(C3CCCC3)nc2C(F)(F)F)cnc1C(=O)Nc1ccc(C(=O)N2CCN(C(=O)C3CCNCC3)CC2)c(Cl)c1. The third-order valence-corrected chi connectivity index (χ3v) is 9.50. The molecule has 47 heavy (non-hydrogen) atoms. The fraction of sp³-hybridized carbons (Fsp3) is 0.516. The number of amides is 3. The lowest BCUT2D eigenvalue weighted by molar-refractivity contribution is -0.141. The van der Waals surface area contributed by atoms with Crippen molar-refractivity contribution in [2.24, 2.45) is 13.0 Å². The van der Waals surface area contributed by atoms with Gasteiger partial charge in [0, 0.05) is 51.0 Å². The molecule has 16 heteroatoms. The molecule has 1 aromatic carbocycles. The molecule has 6 rings (SSSR count). The van der Waals surface area contributed by atoms with E-state index in [1.54, 1.807) is 4.90 Å². The van der Waals surface area contributed by atoms with Gasteiger partial charge in [0.15, 0.2) is 11.5 Å². The molecular formula is C31H37Cl2F3N8O3. The van der Waals surface area contributed by atoms with Gasteiger partial charge in [-0.2, -0.15) is 18.3 Å². The molecule has 3 aliphatic rings. The van der Waals surface area contributed by atoms with Gasteiger partial charge in [-0.1, -0.05) is 24.4 Å². The molecule has 254 valence electrons. The zero-order valence-corrected chi connectivity index (χ0v) is 27.4. The number of hydrogen-bond donors (Lipinski definition) is 2. The highest BCUT2D eigenvalue weighted by Gasteiger charge is 2.39. The van der Waals surface area contributed by atoms with Crippen molar-refractivity contribution in [1.29, 1.82) is 0 Å². The monoisotopic (exact) mass is 696 g/mol. The number of nitrogens with one attached hydrogen (secondary N) is 2. The van der Waals surface area contributed by atoms with Crippen LogP contribution in [0, 0.1) is 5.92 Å². The molecule has 3 aromatic rings. The van der Waals surface area contributed by atoms with Crippen molar-refractivity contribution in [1.82, 2.24) is 34.4 Å². The number of alkyl halides is 3. The van der Waals surface area contributed by atoms with Gasteiger partial charge in [-0.15, -0.1) is 12.4 Å². The summed E-state index contributed by atoms with van der Waals surface area (Å²) in [6.07, 6.45) is 2.99. The van der Waals surface area contributed by atoms with E-state index in [0.29, 0.717) is 31.9 Å². The molecule has 0 bridgehead atoms. The van der Waals surface area contributed by atoms with Gasteiger partial charge in [-0.3, -0.25) is 19.1 Å². The van der Waals surface area contributed by atoms with Gasteiger partial charge in [-0.25, -0.2) is 4.98 Å². The summed E-state index contributed by atoms with van der Waals surface area (Å²) in [7, 11) is 1.47. The summed E-state index contributed by atoms with van der Waals surface area (Å²) in [5.74, 6) is -0.869. The standard InChI is InChI=1S/C31H36ClF3N8O3.ClH/c1-40-25(23-18-43(21-4-2-3-5-21)39-26(23)31(33,34)35)17-37-27(40)28(44)38-20-6-7-22(24(32)16-20)30(46)42-14-12-41(13-15-42)29(45)19-8-10-36-11-9-19;/h6-7,16-19,21,36H,2-5,8-15H2,1H3,(H,38,44);1H. The summed E-state index contributed by atoms with van der Waals surface area (Å²) in [5.41, 5.74) is -0.500. The summed E-state index contributed by atoms with van der Waals surface area (Å²) in [4.78, 5) is 46.9. The number of piperidine rings is 1. The number of benzene rings is 1. The molecule has 2 saturated heterocycles. The average Bonchev–Trinajstić information content (AvgIpc) is 3.81. The minimum absolute atomic E-state index is 0. The molecule has 1 saturated carbocycles. The number of hydrogen-bond acceptors (Lipinski definition) is 6. The number of nitrogens with zero attached hydrogens (tertiary/aromatic N) is 6. The van der Waals surface area contributed by atoms with Gasteiger partial charge in [0.2, 0.25) is 5.91 Å². The topological polar surface area (TPSA) is 117 Å². The lowest BCUT2D eigenvalue weighted by Gasteiger charge is -2.37. The fourth-order valence-electron chi connectivity index (χ4n) is 6.60. The summed E-state index contributed by atoms with van der Waals surface area (Å²) < 4.78 is 44.5. The highest BCUT2D eigenvalue weighted by Crippen LogP contribution is 2.39. The quantitative estimate of drug-likeness (QED) is 0.374. The van der Waals surface area contributed by atoms with Crippen LogP contribution in [0.15, 0.2) is 30.6 Å². The molecule has 11 nitrogen and oxygen atoms in total. The van der Waals surface area contributed by atoms with Crippen molar-refractivity contribution in [3.63, 3.8) is 0 Å². The Bertz CT molecular complexity index is 1620. The molecule has 2 N–H and O–H groups in total. The van der Waals surface area contributed by atoms with Crippen LogP contribution in [0.2, 0.25) is 5.02 Å². The summed E-state index contributed by atoms with van der Waals surface area (Å²) in [6, 6.07) is 4.40. The first-order valence-corrected chi connectivity index (χ1v) is 16.0. The van der Waals surface area contributed by atoms with Crippen LogP contribution in [0.1, 0.15) is 71.2 Å². The number of carbonyl (C=O) groups excluding carboxylic acids is 3. The molecule has 1 aliphatic carbocycles. The zero-order chi connectivity index (χ0) is 32.6. The van der Waals surface area contributed by atoms with Gasteiger partial charge in [0.1, 0.15) is 0 Å². The number of anilines is 1. The van der Waals surface area contributed by atoms with Crippen molar-refractivity contribution < 1.29 is 27.6 Å². The van der Waals surface area contributed by atoms with Crippen LogP contribution in [0.25, 0.3) is 11.3 Å². The maximum atomic E-state index is 13.9. The third kappa shape index (κ3) is 7.29. The minimum atomic E-state index is -4.68. The summed E-state index contributed by atoms with van der Waals surface area (Å²) in [6.45, 7) is 3.36. The first-order valence-electron chi connectivity index (χ1n) is 15.6. The summed E-state index contributed by atoms with van der Waals surface area (Å²) in [5, 5.41) is 9.95. The van der Waals surface area contributed by atoms with Crippen LogP contribution in [0.5, 0.6) is 0 Å². The molecule has 4 heterocycles. The number of imidazole rings is 1. The Balaban J connectivity index is 0.00000433. The van der Waals surface area contributed by atoms with E-state index >= 15 is 0 Å². The van der Waals surface area contributed by atoms with E-state index in [-0.39, 0.29) is 63.8 Å². The Morgan fingerprint density at radius 3 is 2.30 bits per heavy atom. The first kappa shape index (κ1) is 34.7. The molecule has 0 atom stereocenters. The summed E-state index contributed by atoms with van der Waals surface area (Å²) >= 11 is 6.48. The van der Waals surface area contributed by atoms with E-state index in [2.05, 4.69) is 20.7 Å². The minimum Gasteiger partial charge on any atom is -0.339 e. The van der Waals surface area contributed by atoms with Crippen LogP contribution in [0.4, 0.5) is 18.9 Å². The Kier molecular flexibility index (Phi) is 10.5. The number of halogens is 5. The molecule has 2 aliphatic heterocycles. The normalized spacial score (nSPS) is 17.9. The molecule has 2 aromatic heterocycles. The molecule has 0 unspecified atom stereocenters. The van der Waals surface area contributed by atoms with Crippen molar-refractivity contribution in [3.8, 4) is 11.3 Å². The maximum absolute atomic E-state index is 13.9. The number of rotatable bonds is 6. The maximum Gasteiger partial charge on any atom is 0.435 e. The lowest BCUT2D eigenvalue weighted by Crippen LogP contribution is -2.52. The van der Waals surface area contributed by atoms with Gasteiger partial charge < -0.3 is 25.0 Å². The number of carbonyl (C=O) groups is 3. The van der Waals surface area contributed by atoms with Crippen LogP contribution in [-0.2, 0) is 18.0 Å². The first-order chi connectivity index (χ1) is 22.0. The largest absolute Gasteiger partial charge is 0.435 e. The second-order valence-corrected chi connectivity index (χ2v) is 12.5. The highest BCUT2D eigenvalue weighted by molar-refractivity contribution is 6.34. The zero-order valence-electron chi connectivity index (χ0n) is 25.9. The van der Waals surface area contributed by atoms with Crippen LogP contribution < -0.4 is 10.6 Å². The number of piperazine rings is 1. The molecular weight excluding hydrogens is 660 g/mol. The number of aromatic nitrogens is 4. The van der Waals surface area contributed by atoms with E-state index in [0.717, 1.165) is 51.6 Å². The van der Waals surface area contributed by atoms with Gasteiger partial charge in [0.25, 0.3) is 11.8 Å². The van der Waals surface area contributed by atoms with Gasteiger partial charge in [0.05, 0.1) is 34.1 Å². The highest BCUT2D eigenvalue weighted by atomic mass is 35.5. The van der Waals surface area contributed by atoms with Crippen LogP contribution in [0.3, 0.4) is 0 Å². The van der Waals surface area contributed by atoms with Crippen LogP contribution in [-0.4, -0.2) is 86.1 Å². The van der Waals surface area contributed by atoms with Crippen molar-refractivity contribution >= 4 is 47.4 Å². The van der Waals surface area contributed by atoms with Gasteiger partial charge in [-0.05, 0) is 57.0 Å². The fourth-order valence-corrected chi connectivity index (χ4v) is 6.86. The average molecular weight is 698 g/mol. The van der Waals surface area contributed by atoms with E-state index in [4.69, 9.17) is 11.6 Å². The van der Waals surface area contributed by atoms with E-state index in [1.165, 1.54) is 46.9 Å². The van der Waals surface area contributed by atoms with Gasteiger partial charge >= 0.3 is 6.18 Å². The molecule has 0 spiro atoms. The lowest BCUT2D eigenvalue weighted by atomic mass is 9.96. The third-order valence-electron chi connectivity index (χ3n) is 9.19. The molecule has 3 amide bonds. The second kappa shape index (κ2) is 14.2. The van der Waals surface area contributed by atoms with Crippen molar-refractivity contribution in [2.45, 2.75) is 50.7 Å². The predicted octanol–water partition coefficient (Wildman–Crippen LogP) is 5.03. The van der Waals surface area contributed by atoms with E-state index in [1.807, 2.05) is 4.90 Å². The Morgan fingerprint density at radius 1 is 1.00 bits per heavy atom. The van der Waals surface area contributed by atoms with Crippen LogP contribution >= 0.6 is 24.0 Å². The van der Waals surface area contributed by atoms with E-state index in [9.17, 15) is 27.6 Å².